The van der Waals surface area contributed by atoms with Crippen LogP contribution in [0.3, 0.4) is 0 Å². The Bertz CT molecular complexity index is 1230. The molecule has 0 fully saturated rings. The number of hydrogen-bond acceptors (Lipinski definition) is 3. The van der Waals surface area contributed by atoms with Crippen LogP contribution in [0.2, 0.25) is 0 Å². The van der Waals surface area contributed by atoms with Crippen LogP contribution < -0.4 is 11.0 Å². The average Bonchev–Trinajstić information content (AvgIpc) is 2.85. The molecule has 6 heteroatoms. The SMILES string of the molecule is Cn1c(=O)n(C)c2cc(NC(=O)c3cc4ccccc4cc3O)ccc21. The van der Waals surface area contributed by atoms with Gasteiger partial charge in [0.25, 0.3) is 5.91 Å². The maximum absolute atomic E-state index is 12.6. The minimum atomic E-state index is -0.409. The fourth-order valence-electron chi connectivity index (χ4n) is 3.19. The lowest BCUT2D eigenvalue weighted by Gasteiger charge is -2.09. The number of rotatable bonds is 2. The van der Waals surface area contributed by atoms with Gasteiger partial charge in [0.05, 0.1) is 16.6 Å². The van der Waals surface area contributed by atoms with Crippen molar-refractivity contribution in [3.63, 3.8) is 0 Å². The molecule has 130 valence electrons. The molecule has 1 amide bonds. The number of nitrogens with zero attached hydrogens (tertiary/aromatic N) is 2. The zero-order valence-corrected chi connectivity index (χ0v) is 14.4. The van der Waals surface area contributed by atoms with E-state index in [1.807, 2.05) is 24.3 Å². The van der Waals surface area contributed by atoms with Crippen molar-refractivity contribution < 1.29 is 9.90 Å². The Morgan fingerprint density at radius 2 is 1.58 bits per heavy atom. The van der Waals surface area contributed by atoms with Crippen molar-refractivity contribution in [2.24, 2.45) is 14.1 Å². The Kier molecular flexibility index (Phi) is 3.54. The number of phenolic OH excluding ortho intramolecular Hbond substituents is 1. The fourth-order valence-corrected chi connectivity index (χ4v) is 3.19. The zero-order valence-electron chi connectivity index (χ0n) is 14.4. The number of aromatic hydroxyl groups is 1. The van der Waals surface area contributed by atoms with Crippen LogP contribution in [-0.2, 0) is 14.1 Å². The molecule has 0 aliphatic rings. The van der Waals surface area contributed by atoms with E-state index >= 15 is 0 Å². The molecule has 6 nitrogen and oxygen atoms in total. The molecule has 26 heavy (non-hydrogen) atoms. The summed E-state index contributed by atoms with van der Waals surface area (Å²) in [6.07, 6.45) is 0. The van der Waals surface area contributed by atoms with E-state index in [1.54, 1.807) is 49.0 Å². The molecule has 4 rings (SSSR count). The fraction of sp³-hybridized carbons (Fsp3) is 0.100. The van der Waals surface area contributed by atoms with Crippen molar-refractivity contribution in [1.82, 2.24) is 9.13 Å². The molecule has 0 unspecified atom stereocenters. The van der Waals surface area contributed by atoms with Crippen LogP contribution in [0.25, 0.3) is 21.8 Å². The highest BCUT2D eigenvalue weighted by Gasteiger charge is 2.14. The predicted octanol–water partition coefficient (Wildman–Crippen LogP) is 2.99. The Balaban J connectivity index is 1.72. The van der Waals surface area contributed by atoms with E-state index in [2.05, 4.69) is 5.32 Å². The van der Waals surface area contributed by atoms with E-state index in [0.717, 1.165) is 21.8 Å². The highest BCUT2D eigenvalue weighted by molar-refractivity contribution is 6.09. The van der Waals surface area contributed by atoms with Crippen molar-refractivity contribution in [2.75, 3.05) is 5.32 Å². The van der Waals surface area contributed by atoms with Gasteiger partial charge in [0.1, 0.15) is 5.75 Å². The lowest BCUT2D eigenvalue weighted by atomic mass is 10.1. The lowest BCUT2D eigenvalue weighted by molar-refractivity contribution is 0.102. The van der Waals surface area contributed by atoms with Gasteiger partial charge in [-0.1, -0.05) is 24.3 Å². The lowest BCUT2D eigenvalue weighted by Crippen LogP contribution is -2.19. The molecule has 3 aromatic carbocycles. The summed E-state index contributed by atoms with van der Waals surface area (Å²) in [7, 11) is 3.39. The summed E-state index contributed by atoms with van der Waals surface area (Å²) in [5, 5.41) is 14.7. The van der Waals surface area contributed by atoms with Gasteiger partial charge in [0.15, 0.2) is 0 Å². The van der Waals surface area contributed by atoms with E-state index in [1.165, 1.54) is 4.57 Å². The third-order valence-electron chi connectivity index (χ3n) is 4.64. The highest BCUT2D eigenvalue weighted by Crippen LogP contribution is 2.26. The number of nitrogens with one attached hydrogen (secondary N) is 1. The summed E-state index contributed by atoms with van der Waals surface area (Å²) in [5.41, 5.74) is 2.12. The van der Waals surface area contributed by atoms with Crippen molar-refractivity contribution in [2.45, 2.75) is 0 Å². The number of carbonyl (C=O) groups excluding carboxylic acids is 1. The minimum absolute atomic E-state index is 0.0746. The quantitative estimate of drug-likeness (QED) is 0.585. The number of fused-ring (bicyclic) bond motifs is 2. The van der Waals surface area contributed by atoms with Crippen LogP contribution in [-0.4, -0.2) is 20.1 Å². The van der Waals surface area contributed by atoms with Gasteiger partial charge in [-0.2, -0.15) is 0 Å². The van der Waals surface area contributed by atoms with Crippen molar-refractivity contribution in [3.05, 3.63) is 70.6 Å². The standard InChI is InChI=1S/C20H17N3O3/c1-22-16-8-7-14(11-17(16)23(2)20(22)26)21-19(25)15-9-12-5-3-4-6-13(12)10-18(15)24/h3-11,24H,1-2H3,(H,21,25). The van der Waals surface area contributed by atoms with Gasteiger partial charge >= 0.3 is 5.69 Å². The molecule has 0 saturated carbocycles. The molecule has 0 atom stereocenters. The second-order valence-electron chi connectivity index (χ2n) is 6.27. The number of hydrogen-bond donors (Lipinski definition) is 2. The molecular formula is C20H17N3O3. The van der Waals surface area contributed by atoms with E-state index in [9.17, 15) is 14.7 Å². The normalized spacial score (nSPS) is 11.2. The van der Waals surface area contributed by atoms with Gasteiger partial charge in [-0.25, -0.2) is 4.79 Å². The number of aryl methyl sites for hydroxylation is 2. The molecule has 0 aliphatic heterocycles. The van der Waals surface area contributed by atoms with Crippen molar-refractivity contribution in [3.8, 4) is 5.75 Å². The smallest absolute Gasteiger partial charge is 0.328 e. The first-order chi connectivity index (χ1) is 12.5. The summed E-state index contributed by atoms with van der Waals surface area (Å²) in [4.78, 5) is 24.6. The Morgan fingerprint density at radius 1 is 0.923 bits per heavy atom. The number of phenols is 1. The number of amides is 1. The number of aromatic nitrogens is 2. The van der Waals surface area contributed by atoms with E-state index in [0.29, 0.717) is 5.69 Å². The predicted molar refractivity (Wildman–Crippen MR) is 102 cm³/mol. The molecule has 0 radical (unpaired) electrons. The maximum atomic E-state index is 12.6. The first-order valence-corrected chi connectivity index (χ1v) is 8.14. The number of benzene rings is 3. The monoisotopic (exact) mass is 347 g/mol. The average molecular weight is 347 g/mol. The topological polar surface area (TPSA) is 76.3 Å². The number of carbonyl (C=O) groups is 1. The summed E-state index contributed by atoms with van der Waals surface area (Å²) >= 11 is 0. The number of imidazole rings is 1. The van der Waals surface area contributed by atoms with Crippen LogP contribution in [0.5, 0.6) is 5.75 Å². The Hall–Kier alpha value is -3.54. The van der Waals surface area contributed by atoms with Gasteiger partial charge in [-0.3, -0.25) is 13.9 Å². The van der Waals surface area contributed by atoms with Gasteiger partial charge in [0.2, 0.25) is 0 Å². The molecule has 1 heterocycles. The molecule has 0 saturated heterocycles. The molecule has 0 aliphatic carbocycles. The van der Waals surface area contributed by atoms with Crippen LogP contribution in [0.15, 0.2) is 59.4 Å². The molecular weight excluding hydrogens is 330 g/mol. The van der Waals surface area contributed by atoms with Gasteiger partial charge < -0.3 is 10.4 Å². The van der Waals surface area contributed by atoms with Crippen molar-refractivity contribution in [1.29, 1.82) is 0 Å². The summed E-state index contributed by atoms with van der Waals surface area (Å²) in [6.45, 7) is 0. The molecule has 2 N–H and O–H groups in total. The second kappa shape index (κ2) is 5.77. The van der Waals surface area contributed by atoms with Crippen LogP contribution in [0, 0.1) is 0 Å². The maximum Gasteiger partial charge on any atom is 0.328 e. The summed E-state index contributed by atoms with van der Waals surface area (Å²) in [5.74, 6) is -0.483. The van der Waals surface area contributed by atoms with Gasteiger partial charge in [-0.15, -0.1) is 0 Å². The summed E-state index contributed by atoms with van der Waals surface area (Å²) < 4.78 is 3.08. The molecule has 4 aromatic rings. The third kappa shape index (κ3) is 2.43. The Morgan fingerprint density at radius 3 is 2.31 bits per heavy atom. The molecule has 0 bridgehead atoms. The van der Waals surface area contributed by atoms with E-state index in [-0.39, 0.29) is 17.0 Å². The zero-order chi connectivity index (χ0) is 18.4. The third-order valence-corrected chi connectivity index (χ3v) is 4.64. The number of anilines is 1. The first kappa shape index (κ1) is 16.0. The molecule has 0 spiro atoms. The minimum Gasteiger partial charge on any atom is -0.507 e. The van der Waals surface area contributed by atoms with Crippen LogP contribution >= 0.6 is 0 Å². The van der Waals surface area contributed by atoms with E-state index < -0.39 is 5.91 Å². The van der Waals surface area contributed by atoms with Gasteiger partial charge in [-0.05, 0) is 41.1 Å². The second-order valence-corrected chi connectivity index (χ2v) is 6.27. The van der Waals surface area contributed by atoms with Crippen molar-refractivity contribution >= 4 is 33.4 Å². The summed E-state index contributed by atoms with van der Waals surface area (Å²) in [6, 6.07) is 16.0. The largest absolute Gasteiger partial charge is 0.507 e. The van der Waals surface area contributed by atoms with E-state index in [4.69, 9.17) is 0 Å². The van der Waals surface area contributed by atoms with Crippen LogP contribution in [0.4, 0.5) is 5.69 Å². The highest BCUT2D eigenvalue weighted by atomic mass is 16.3. The van der Waals surface area contributed by atoms with Gasteiger partial charge in [0, 0.05) is 19.8 Å². The first-order valence-electron chi connectivity index (χ1n) is 8.14. The Labute approximate surface area is 148 Å². The molecule has 1 aromatic heterocycles. The van der Waals surface area contributed by atoms with Crippen LogP contribution in [0.1, 0.15) is 10.4 Å².